The summed E-state index contributed by atoms with van der Waals surface area (Å²) in [5.74, 6) is 1.65. The summed E-state index contributed by atoms with van der Waals surface area (Å²) in [6.45, 7) is 7.99. The van der Waals surface area contributed by atoms with Crippen molar-refractivity contribution in [2.24, 2.45) is 5.92 Å². The van der Waals surface area contributed by atoms with Crippen molar-refractivity contribution in [1.82, 2.24) is 15.1 Å². The molecule has 310 valence electrons. The molecular weight excluding hydrogens is 759 g/mol. The number of piperazine rings is 1. The van der Waals surface area contributed by atoms with Crippen LogP contribution in [0.5, 0.6) is 17.2 Å². The fraction of sp³-hybridized carbons (Fsp3) is 0.438. The number of rotatable bonds is 6. The number of nitrogens with zero attached hydrogens (tertiary/aromatic N) is 4. The van der Waals surface area contributed by atoms with Crippen molar-refractivity contribution in [3.05, 3.63) is 113 Å². The Bertz CT molecular complexity index is 2330. The van der Waals surface area contributed by atoms with Crippen LogP contribution in [0.2, 0.25) is 0 Å². The number of phenolic OH excluding ortho intramolecular Hbond substituents is 1. The van der Waals surface area contributed by atoms with Gasteiger partial charge in [-0.2, -0.15) is 0 Å². The van der Waals surface area contributed by atoms with E-state index in [-0.39, 0.29) is 47.5 Å². The lowest BCUT2D eigenvalue weighted by Gasteiger charge is -2.46. The highest BCUT2D eigenvalue weighted by atomic mass is 16.5. The lowest BCUT2D eigenvalue weighted by Crippen LogP contribution is -2.58. The van der Waals surface area contributed by atoms with Gasteiger partial charge in [0.05, 0.1) is 30.5 Å². The third kappa shape index (κ3) is 6.64. The summed E-state index contributed by atoms with van der Waals surface area (Å²) in [4.78, 5) is 46.9. The van der Waals surface area contributed by atoms with Gasteiger partial charge in [0.25, 0.3) is 5.91 Å². The molecule has 4 aromatic carbocycles. The van der Waals surface area contributed by atoms with Crippen LogP contribution in [-0.4, -0.2) is 109 Å². The number of piperidine rings is 2. The first kappa shape index (κ1) is 37.4. The molecule has 5 atom stereocenters. The first-order valence-corrected chi connectivity index (χ1v) is 21.7. The number of phenols is 1. The Labute approximate surface area is 350 Å². The maximum absolute atomic E-state index is 13.4. The quantitative estimate of drug-likeness (QED) is 0.244. The van der Waals surface area contributed by atoms with Gasteiger partial charge in [0.15, 0.2) is 0 Å². The second-order valence-electron chi connectivity index (χ2n) is 18.0. The second kappa shape index (κ2) is 14.8. The summed E-state index contributed by atoms with van der Waals surface area (Å²) in [6, 6.07) is 28.8. The predicted molar refractivity (Wildman–Crippen MR) is 225 cm³/mol. The highest BCUT2D eigenvalue weighted by molar-refractivity contribution is 6.06. The summed E-state index contributed by atoms with van der Waals surface area (Å²) in [5, 5.41) is 12.6. The van der Waals surface area contributed by atoms with Crippen LogP contribution in [0.15, 0.2) is 84.9 Å². The molecule has 7 aliphatic rings. The molecule has 60 heavy (non-hydrogen) atoms. The lowest BCUT2D eigenvalue weighted by atomic mass is 9.76. The molecule has 4 saturated heterocycles. The van der Waals surface area contributed by atoms with Crippen molar-refractivity contribution < 1.29 is 33.7 Å². The summed E-state index contributed by atoms with van der Waals surface area (Å²) in [7, 11) is 0. The fourth-order valence-electron chi connectivity index (χ4n) is 11.3. The first-order chi connectivity index (χ1) is 29.3. The number of nitrogens with one attached hydrogen (secondary N) is 1. The molecule has 0 bridgehead atoms. The molecule has 4 aromatic rings. The normalized spacial score (nSPS) is 27.1. The molecule has 4 fully saturated rings. The Kier molecular flexibility index (Phi) is 9.26. The highest BCUT2D eigenvalue weighted by Gasteiger charge is 2.45. The molecule has 0 radical (unpaired) electrons. The SMILES string of the molecule is O=C1CC[C@@H](N2Cc3cc4c(cc3C2=O)OC[C@@H]2CN(C[C@@H]3COC5(CCN(c6ccc([C@H]7c8ccc(O)cc8OC[C@H]7c7ccccc7)cc6)CC5)C3)CCN42)C(=O)N1. The summed E-state index contributed by atoms with van der Waals surface area (Å²) < 4.78 is 19.2. The molecule has 0 saturated carbocycles. The second-order valence-corrected chi connectivity index (χ2v) is 18.0. The zero-order valence-electron chi connectivity index (χ0n) is 33.8. The lowest BCUT2D eigenvalue weighted by molar-refractivity contribution is -0.136. The number of fused-ring (bicyclic) bond motifs is 5. The molecule has 12 heteroatoms. The van der Waals surface area contributed by atoms with Gasteiger partial charge in [0.1, 0.15) is 29.9 Å². The number of benzene rings is 4. The fourth-order valence-corrected chi connectivity index (χ4v) is 11.3. The average Bonchev–Trinajstić information content (AvgIpc) is 3.81. The molecule has 11 rings (SSSR count). The molecule has 3 amide bonds. The molecule has 7 heterocycles. The van der Waals surface area contributed by atoms with Crippen molar-refractivity contribution in [2.75, 3.05) is 68.9 Å². The van der Waals surface area contributed by atoms with Crippen molar-refractivity contribution in [3.63, 3.8) is 0 Å². The highest BCUT2D eigenvalue weighted by Crippen LogP contribution is 2.48. The number of imide groups is 1. The van der Waals surface area contributed by atoms with Crippen LogP contribution in [0.3, 0.4) is 0 Å². The molecule has 1 spiro atoms. The Balaban J connectivity index is 0.699. The van der Waals surface area contributed by atoms with E-state index in [2.05, 4.69) is 80.7 Å². The van der Waals surface area contributed by atoms with E-state index in [1.165, 1.54) is 16.8 Å². The van der Waals surface area contributed by atoms with Crippen LogP contribution in [0.4, 0.5) is 11.4 Å². The molecule has 0 unspecified atom stereocenters. The number of carbonyl (C=O) groups is 3. The minimum absolute atomic E-state index is 0.0599. The van der Waals surface area contributed by atoms with Crippen LogP contribution in [0.1, 0.15) is 76.6 Å². The topological polar surface area (TPSA) is 124 Å². The number of hydrogen-bond acceptors (Lipinski definition) is 10. The molecule has 12 nitrogen and oxygen atoms in total. The molecule has 0 aliphatic carbocycles. The van der Waals surface area contributed by atoms with E-state index < -0.39 is 11.9 Å². The van der Waals surface area contributed by atoms with Crippen molar-refractivity contribution in [3.8, 4) is 17.2 Å². The molecule has 7 aliphatic heterocycles. The maximum atomic E-state index is 13.4. The molecule has 2 N–H and O–H groups in total. The number of anilines is 2. The Hall–Kier alpha value is -5.59. The Morgan fingerprint density at radius 3 is 2.43 bits per heavy atom. The predicted octanol–water partition coefficient (Wildman–Crippen LogP) is 5.42. The van der Waals surface area contributed by atoms with Gasteiger partial charge in [-0.1, -0.05) is 48.5 Å². The van der Waals surface area contributed by atoms with Gasteiger partial charge in [0, 0.05) is 87.0 Å². The minimum atomic E-state index is -0.629. The van der Waals surface area contributed by atoms with E-state index >= 15 is 0 Å². The zero-order valence-corrected chi connectivity index (χ0v) is 33.8. The third-order valence-electron chi connectivity index (χ3n) is 14.4. The van der Waals surface area contributed by atoms with E-state index in [9.17, 15) is 19.5 Å². The summed E-state index contributed by atoms with van der Waals surface area (Å²) in [6.07, 6.45) is 3.72. The van der Waals surface area contributed by atoms with Crippen LogP contribution >= 0.6 is 0 Å². The van der Waals surface area contributed by atoms with Gasteiger partial charge in [-0.05, 0) is 78.6 Å². The monoisotopic (exact) mass is 809 g/mol. The van der Waals surface area contributed by atoms with Crippen molar-refractivity contribution in [2.45, 2.75) is 68.2 Å². The van der Waals surface area contributed by atoms with Gasteiger partial charge in [-0.25, -0.2) is 0 Å². The maximum Gasteiger partial charge on any atom is 0.255 e. The summed E-state index contributed by atoms with van der Waals surface area (Å²) >= 11 is 0. The number of aromatic hydroxyl groups is 1. The number of ether oxygens (including phenoxy) is 3. The van der Waals surface area contributed by atoms with Crippen LogP contribution in [0, 0.1) is 5.92 Å². The van der Waals surface area contributed by atoms with Crippen LogP contribution < -0.4 is 24.6 Å². The zero-order chi connectivity index (χ0) is 40.5. The van der Waals surface area contributed by atoms with Crippen LogP contribution in [-0.2, 0) is 20.9 Å². The average molecular weight is 810 g/mol. The molecule has 0 aromatic heterocycles. The van der Waals surface area contributed by atoms with Crippen molar-refractivity contribution in [1.29, 1.82) is 0 Å². The van der Waals surface area contributed by atoms with E-state index in [1.54, 1.807) is 17.0 Å². The third-order valence-corrected chi connectivity index (χ3v) is 14.4. The van der Waals surface area contributed by atoms with Crippen LogP contribution in [0.25, 0.3) is 0 Å². The van der Waals surface area contributed by atoms with Gasteiger partial charge in [-0.15, -0.1) is 0 Å². The number of carbonyl (C=O) groups excluding carboxylic acids is 3. The summed E-state index contributed by atoms with van der Waals surface area (Å²) in [5.41, 5.74) is 7.32. The first-order valence-electron chi connectivity index (χ1n) is 21.7. The van der Waals surface area contributed by atoms with Gasteiger partial charge >= 0.3 is 0 Å². The smallest absolute Gasteiger partial charge is 0.255 e. The van der Waals surface area contributed by atoms with E-state index in [0.717, 1.165) is 93.5 Å². The molecular formula is C48H51N5O7. The van der Waals surface area contributed by atoms with Gasteiger partial charge in [-0.3, -0.25) is 24.6 Å². The van der Waals surface area contributed by atoms with Gasteiger partial charge < -0.3 is 34.0 Å². The minimum Gasteiger partial charge on any atom is -0.508 e. The Morgan fingerprint density at radius 2 is 1.62 bits per heavy atom. The largest absolute Gasteiger partial charge is 0.508 e. The van der Waals surface area contributed by atoms with Crippen molar-refractivity contribution >= 4 is 29.1 Å². The van der Waals surface area contributed by atoms with E-state index in [1.807, 2.05) is 12.1 Å². The number of amides is 3. The Morgan fingerprint density at radius 1 is 0.800 bits per heavy atom. The van der Waals surface area contributed by atoms with E-state index in [0.29, 0.717) is 37.7 Å². The van der Waals surface area contributed by atoms with Gasteiger partial charge in [0.2, 0.25) is 11.8 Å². The standard InChI is InChI=1S/C48H51N5O7/c54-36-10-11-37-42(21-36)59-29-39(31-4-2-1-3-5-31)45(37)32-6-8-34(9-7-32)51-16-14-48(15-17-51)23-30(27-60-48)24-50-18-19-52-35(26-50)28-58-43-22-38-33(20-41(43)52)25-53(47(38)57)40-12-13-44(55)49-46(40)56/h1-11,20-22,30,35,39-40,45,54H,12-19,23-29H2,(H,49,55,56)/t30-,35+,39+,40-,45+/m1/s1. The van der Waals surface area contributed by atoms with E-state index in [4.69, 9.17) is 14.2 Å². The number of hydrogen-bond donors (Lipinski definition) is 2.